The summed E-state index contributed by atoms with van der Waals surface area (Å²) < 4.78 is 0. The minimum atomic E-state index is -0.889. The molecule has 0 aromatic rings. The minimum absolute atomic E-state index is 0.127. The fourth-order valence-corrected chi connectivity index (χ4v) is 2.63. The SMILES string of the molecule is CC(C)CN(CCN(C)C)C(=O)N1CCCCC1C(=O)O. The Morgan fingerprint density at radius 1 is 1.24 bits per heavy atom. The molecule has 6 heteroatoms. The number of hydrogen-bond acceptors (Lipinski definition) is 3. The number of likely N-dealkylation sites (N-methyl/N-ethyl adjacent to an activating group) is 1. The minimum Gasteiger partial charge on any atom is -0.480 e. The molecule has 2 amide bonds. The number of nitrogens with zero attached hydrogens (tertiary/aromatic N) is 3. The first-order valence-electron chi connectivity index (χ1n) is 7.76. The van der Waals surface area contributed by atoms with Crippen LogP contribution in [0, 0.1) is 5.92 Å². The molecule has 21 heavy (non-hydrogen) atoms. The number of hydrogen-bond donors (Lipinski definition) is 1. The lowest BCUT2D eigenvalue weighted by atomic mass is 10.0. The van der Waals surface area contributed by atoms with Crippen LogP contribution in [0.3, 0.4) is 0 Å². The van der Waals surface area contributed by atoms with Crippen molar-refractivity contribution in [3.63, 3.8) is 0 Å². The van der Waals surface area contributed by atoms with E-state index in [-0.39, 0.29) is 6.03 Å². The molecular weight excluding hydrogens is 270 g/mol. The van der Waals surface area contributed by atoms with Gasteiger partial charge in [-0.25, -0.2) is 9.59 Å². The zero-order valence-electron chi connectivity index (χ0n) is 13.7. The summed E-state index contributed by atoms with van der Waals surface area (Å²) in [6.45, 7) is 6.76. The van der Waals surface area contributed by atoms with Gasteiger partial charge in [0.15, 0.2) is 0 Å². The zero-order chi connectivity index (χ0) is 16.0. The van der Waals surface area contributed by atoms with Crippen LogP contribution < -0.4 is 0 Å². The summed E-state index contributed by atoms with van der Waals surface area (Å²) >= 11 is 0. The molecule has 1 unspecified atom stereocenters. The van der Waals surface area contributed by atoms with E-state index in [1.165, 1.54) is 0 Å². The van der Waals surface area contributed by atoms with Gasteiger partial charge in [-0.05, 0) is 39.3 Å². The van der Waals surface area contributed by atoms with Gasteiger partial charge in [-0.1, -0.05) is 13.8 Å². The maximum absolute atomic E-state index is 12.7. The van der Waals surface area contributed by atoms with Crippen molar-refractivity contribution < 1.29 is 14.7 Å². The largest absolute Gasteiger partial charge is 0.480 e. The van der Waals surface area contributed by atoms with Crippen LogP contribution in [0.5, 0.6) is 0 Å². The van der Waals surface area contributed by atoms with Crippen LogP contribution in [0.25, 0.3) is 0 Å². The molecule has 0 aromatic carbocycles. The Labute approximate surface area is 127 Å². The van der Waals surface area contributed by atoms with Crippen LogP contribution in [-0.2, 0) is 4.79 Å². The Bertz CT molecular complexity index is 358. The normalized spacial score (nSPS) is 19.1. The molecule has 1 rings (SSSR count). The molecule has 0 bridgehead atoms. The van der Waals surface area contributed by atoms with Crippen LogP contribution >= 0.6 is 0 Å². The van der Waals surface area contributed by atoms with Gasteiger partial charge in [-0.15, -0.1) is 0 Å². The van der Waals surface area contributed by atoms with Gasteiger partial charge >= 0.3 is 12.0 Å². The highest BCUT2D eigenvalue weighted by molar-refractivity contribution is 5.83. The molecule has 1 N–H and O–H groups in total. The highest BCUT2D eigenvalue weighted by atomic mass is 16.4. The Hall–Kier alpha value is -1.30. The zero-order valence-corrected chi connectivity index (χ0v) is 13.7. The first kappa shape index (κ1) is 17.8. The van der Waals surface area contributed by atoms with E-state index in [1.807, 2.05) is 19.0 Å². The average molecular weight is 299 g/mol. The van der Waals surface area contributed by atoms with E-state index in [4.69, 9.17) is 0 Å². The lowest BCUT2D eigenvalue weighted by molar-refractivity contribution is -0.143. The van der Waals surface area contributed by atoms with Crippen LogP contribution in [0.4, 0.5) is 4.79 Å². The van der Waals surface area contributed by atoms with Gasteiger partial charge in [0.1, 0.15) is 6.04 Å². The van der Waals surface area contributed by atoms with E-state index in [0.29, 0.717) is 32.0 Å². The van der Waals surface area contributed by atoms with Gasteiger partial charge in [-0.2, -0.15) is 0 Å². The van der Waals surface area contributed by atoms with E-state index in [9.17, 15) is 14.7 Å². The standard InChI is InChI=1S/C15H29N3O3/c1-12(2)11-17(10-9-16(3)4)15(21)18-8-6-5-7-13(18)14(19)20/h12-13H,5-11H2,1-4H3,(H,19,20). The van der Waals surface area contributed by atoms with Gasteiger partial charge in [0.2, 0.25) is 0 Å². The van der Waals surface area contributed by atoms with Gasteiger partial charge in [0.05, 0.1) is 0 Å². The van der Waals surface area contributed by atoms with Gasteiger partial charge in [-0.3, -0.25) is 0 Å². The van der Waals surface area contributed by atoms with Crippen LogP contribution in [0.1, 0.15) is 33.1 Å². The number of carbonyl (C=O) groups is 2. The first-order valence-corrected chi connectivity index (χ1v) is 7.76. The molecule has 0 saturated carbocycles. The smallest absolute Gasteiger partial charge is 0.326 e. The molecule has 0 aromatic heterocycles. The van der Waals surface area contributed by atoms with Crippen molar-refractivity contribution in [2.75, 3.05) is 40.3 Å². The average Bonchev–Trinajstić information content (AvgIpc) is 2.42. The number of carboxylic acids is 1. The van der Waals surface area contributed by atoms with E-state index in [0.717, 1.165) is 19.4 Å². The van der Waals surface area contributed by atoms with Crippen molar-refractivity contribution in [3.05, 3.63) is 0 Å². The van der Waals surface area contributed by atoms with Crippen LogP contribution in [0.2, 0.25) is 0 Å². The third kappa shape index (κ3) is 5.53. The summed E-state index contributed by atoms with van der Waals surface area (Å²) in [5.41, 5.74) is 0. The highest BCUT2D eigenvalue weighted by Gasteiger charge is 2.34. The number of piperidine rings is 1. The topological polar surface area (TPSA) is 64.1 Å². The molecule has 6 nitrogen and oxygen atoms in total. The molecule has 1 atom stereocenters. The fourth-order valence-electron chi connectivity index (χ4n) is 2.63. The van der Waals surface area contributed by atoms with Gasteiger partial charge in [0.25, 0.3) is 0 Å². The third-order valence-corrected chi connectivity index (χ3v) is 3.71. The summed E-state index contributed by atoms with van der Waals surface area (Å²) in [7, 11) is 3.94. The highest BCUT2D eigenvalue weighted by Crippen LogP contribution is 2.19. The molecule has 0 aliphatic carbocycles. The van der Waals surface area contributed by atoms with E-state index >= 15 is 0 Å². The second-order valence-electron chi connectivity index (χ2n) is 6.47. The number of urea groups is 1. The molecule has 1 aliphatic heterocycles. The van der Waals surface area contributed by atoms with Crippen molar-refractivity contribution in [2.24, 2.45) is 5.92 Å². The molecule has 1 saturated heterocycles. The fraction of sp³-hybridized carbons (Fsp3) is 0.867. The summed E-state index contributed by atoms with van der Waals surface area (Å²) in [4.78, 5) is 29.5. The number of aliphatic carboxylic acids is 1. The Morgan fingerprint density at radius 3 is 2.43 bits per heavy atom. The Kier molecular flexibility index (Phi) is 6.95. The predicted octanol–water partition coefficient (Wildman–Crippen LogP) is 1.57. The van der Waals surface area contributed by atoms with Gasteiger partial charge in [0, 0.05) is 26.2 Å². The maximum atomic E-state index is 12.7. The predicted molar refractivity (Wildman–Crippen MR) is 82.3 cm³/mol. The number of carbonyl (C=O) groups excluding carboxylic acids is 1. The lowest BCUT2D eigenvalue weighted by Crippen LogP contribution is -2.54. The summed E-state index contributed by atoms with van der Waals surface area (Å²) in [6.07, 6.45) is 2.33. The maximum Gasteiger partial charge on any atom is 0.326 e. The van der Waals surface area contributed by atoms with Gasteiger partial charge < -0.3 is 19.8 Å². The first-order chi connectivity index (χ1) is 9.82. The van der Waals surface area contributed by atoms with Crippen molar-refractivity contribution >= 4 is 12.0 Å². The second-order valence-corrected chi connectivity index (χ2v) is 6.47. The summed E-state index contributed by atoms with van der Waals surface area (Å²) in [6, 6.07) is -0.794. The van der Waals surface area contributed by atoms with Crippen molar-refractivity contribution in [1.29, 1.82) is 0 Å². The molecule has 1 heterocycles. The molecule has 1 aliphatic rings. The Balaban J connectivity index is 2.78. The molecular formula is C15H29N3O3. The van der Waals surface area contributed by atoms with E-state index < -0.39 is 12.0 Å². The van der Waals surface area contributed by atoms with E-state index in [1.54, 1.807) is 9.80 Å². The van der Waals surface area contributed by atoms with Crippen LogP contribution in [0.15, 0.2) is 0 Å². The molecule has 122 valence electrons. The summed E-state index contributed by atoms with van der Waals surface area (Å²) in [5.74, 6) is -0.524. The quantitative estimate of drug-likeness (QED) is 0.808. The third-order valence-electron chi connectivity index (χ3n) is 3.71. The number of rotatable bonds is 6. The lowest BCUT2D eigenvalue weighted by Gasteiger charge is -2.38. The molecule has 1 fully saturated rings. The number of likely N-dealkylation sites (tertiary alicyclic amines) is 1. The van der Waals surface area contributed by atoms with Crippen molar-refractivity contribution in [1.82, 2.24) is 14.7 Å². The molecule has 0 spiro atoms. The number of carboxylic acid groups (broad SMARTS) is 1. The second kappa shape index (κ2) is 8.22. The monoisotopic (exact) mass is 299 g/mol. The van der Waals surface area contributed by atoms with E-state index in [2.05, 4.69) is 13.8 Å². The van der Waals surface area contributed by atoms with Crippen LogP contribution in [-0.4, -0.2) is 78.1 Å². The Morgan fingerprint density at radius 2 is 1.90 bits per heavy atom. The number of amides is 2. The molecule has 0 radical (unpaired) electrons. The van der Waals surface area contributed by atoms with Crippen molar-refractivity contribution in [2.45, 2.75) is 39.2 Å². The van der Waals surface area contributed by atoms with Crippen molar-refractivity contribution in [3.8, 4) is 0 Å². The summed E-state index contributed by atoms with van der Waals surface area (Å²) in [5, 5.41) is 9.32.